The van der Waals surface area contributed by atoms with Gasteiger partial charge in [0.25, 0.3) is 0 Å². The van der Waals surface area contributed by atoms with Crippen LogP contribution in [0.3, 0.4) is 0 Å². The fraction of sp³-hybridized carbons (Fsp3) is 0.353. The van der Waals surface area contributed by atoms with Gasteiger partial charge >= 0.3 is 0 Å². The number of hydrogen-bond acceptors (Lipinski definition) is 2. The van der Waals surface area contributed by atoms with Gasteiger partial charge in [0.05, 0.1) is 6.10 Å². The van der Waals surface area contributed by atoms with Gasteiger partial charge in [0, 0.05) is 12.4 Å². The lowest BCUT2D eigenvalue weighted by Gasteiger charge is -2.28. The average Bonchev–Trinajstić information content (AvgIpc) is 2.46. The number of aromatic nitrogens is 1. The number of aryl methyl sites for hydroxylation is 2. The summed E-state index contributed by atoms with van der Waals surface area (Å²) in [5, 5.41) is 10.6. The summed E-state index contributed by atoms with van der Waals surface area (Å²) in [5.41, 5.74) is 4.88. The Bertz CT molecular complexity index is 579. The van der Waals surface area contributed by atoms with E-state index in [9.17, 15) is 5.11 Å². The SMILES string of the molecule is Cc1cncc(C(O)C2CCc3ccccc3C2)c1. The zero-order valence-electron chi connectivity index (χ0n) is 11.2. The predicted octanol–water partition coefficient (Wildman–Crippen LogP) is 3.23. The van der Waals surface area contributed by atoms with Gasteiger partial charge in [-0.15, -0.1) is 0 Å². The van der Waals surface area contributed by atoms with Crippen molar-refractivity contribution < 1.29 is 5.11 Å². The van der Waals surface area contributed by atoms with Crippen LogP contribution >= 0.6 is 0 Å². The number of pyridine rings is 1. The van der Waals surface area contributed by atoms with E-state index in [2.05, 4.69) is 29.2 Å². The maximum absolute atomic E-state index is 10.6. The van der Waals surface area contributed by atoms with E-state index < -0.39 is 6.10 Å². The summed E-state index contributed by atoms with van der Waals surface area (Å²) < 4.78 is 0. The van der Waals surface area contributed by atoms with Crippen LogP contribution in [-0.4, -0.2) is 10.1 Å². The molecule has 2 atom stereocenters. The van der Waals surface area contributed by atoms with Crippen molar-refractivity contribution in [1.82, 2.24) is 4.98 Å². The normalized spacial score (nSPS) is 19.8. The first-order valence-electron chi connectivity index (χ1n) is 6.90. The van der Waals surface area contributed by atoms with Crippen molar-refractivity contribution in [3.8, 4) is 0 Å². The number of aliphatic hydroxyl groups excluding tert-OH is 1. The molecule has 0 bridgehead atoms. The summed E-state index contributed by atoms with van der Waals surface area (Å²) >= 11 is 0. The molecule has 1 aliphatic rings. The number of rotatable bonds is 2. The van der Waals surface area contributed by atoms with Gasteiger partial charge in [-0.3, -0.25) is 4.98 Å². The Morgan fingerprint density at radius 3 is 2.79 bits per heavy atom. The lowest BCUT2D eigenvalue weighted by Crippen LogP contribution is -2.21. The van der Waals surface area contributed by atoms with Crippen molar-refractivity contribution in [2.24, 2.45) is 5.92 Å². The minimum absolute atomic E-state index is 0.304. The Morgan fingerprint density at radius 2 is 2.00 bits per heavy atom. The number of fused-ring (bicyclic) bond motifs is 1. The van der Waals surface area contributed by atoms with Crippen LogP contribution in [0.15, 0.2) is 42.7 Å². The molecular weight excluding hydrogens is 234 g/mol. The summed E-state index contributed by atoms with van der Waals surface area (Å²) in [4.78, 5) is 4.18. The van der Waals surface area contributed by atoms with Crippen molar-refractivity contribution in [2.45, 2.75) is 32.3 Å². The Morgan fingerprint density at radius 1 is 1.21 bits per heavy atom. The van der Waals surface area contributed by atoms with E-state index in [0.717, 1.165) is 30.4 Å². The molecule has 0 saturated carbocycles. The van der Waals surface area contributed by atoms with Gasteiger partial charge in [0.1, 0.15) is 0 Å². The van der Waals surface area contributed by atoms with Crippen LogP contribution in [0.1, 0.15) is 34.8 Å². The second-order valence-electron chi connectivity index (χ2n) is 5.51. The van der Waals surface area contributed by atoms with E-state index in [0.29, 0.717) is 5.92 Å². The molecule has 98 valence electrons. The van der Waals surface area contributed by atoms with Gasteiger partial charge in [0.2, 0.25) is 0 Å². The summed E-state index contributed by atoms with van der Waals surface area (Å²) in [6.07, 6.45) is 6.29. The maximum Gasteiger partial charge on any atom is 0.0836 e. The summed E-state index contributed by atoms with van der Waals surface area (Å²) in [6.45, 7) is 2.01. The predicted molar refractivity (Wildman–Crippen MR) is 75.9 cm³/mol. The molecule has 0 saturated heterocycles. The highest BCUT2D eigenvalue weighted by atomic mass is 16.3. The van der Waals surface area contributed by atoms with Crippen molar-refractivity contribution >= 4 is 0 Å². The van der Waals surface area contributed by atoms with Gasteiger partial charge in [-0.25, -0.2) is 0 Å². The quantitative estimate of drug-likeness (QED) is 0.891. The summed E-state index contributed by atoms with van der Waals surface area (Å²) in [5.74, 6) is 0.304. The molecule has 0 radical (unpaired) electrons. The molecule has 0 spiro atoms. The lowest BCUT2D eigenvalue weighted by atomic mass is 9.79. The zero-order valence-corrected chi connectivity index (χ0v) is 11.2. The molecule has 2 nitrogen and oxygen atoms in total. The van der Waals surface area contributed by atoms with Gasteiger partial charge in [-0.2, -0.15) is 0 Å². The third-order valence-electron chi connectivity index (χ3n) is 4.07. The monoisotopic (exact) mass is 253 g/mol. The molecule has 0 aliphatic heterocycles. The van der Waals surface area contributed by atoms with Crippen molar-refractivity contribution in [3.63, 3.8) is 0 Å². The third-order valence-corrected chi connectivity index (χ3v) is 4.07. The van der Waals surface area contributed by atoms with E-state index in [1.807, 2.05) is 19.2 Å². The summed E-state index contributed by atoms with van der Waals surface area (Å²) in [6, 6.07) is 10.6. The molecule has 1 aromatic carbocycles. The Hall–Kier alpha value is -1.67. The molecular formula is C17H19NO. The van der Waals surface area contributed by atoms with E-state index in [-0.39, 0.29) is 0 Å². The van der Waals surface area contributed by atoms with E-state index >= 15 is 0 Å². The first-order valence-corrected chi connectivity index (χ1v) is 6.90. The second-order valence-corrected chi connectivity index (χ2v) is 5.51. The van der Waals surface area contributed by atoms with E-state index in [1.54, 1.807) is 6.20 Å². The molecule has 2 aromatic rings. The maximum atomic E-state index is 10.6. The van der Waals surface area contributed by atoms with E-state index in [4.69, 9.17) is 0 Å². The number of aliphatic hydroxyl groups is 1. The zero-order chi connectivity index (χ0) is 13.2. The standard InChI is InChI=1S/C17H19NO/c1-12-8-16(11-18-10-12)17(19)15-7-6-13-4-2-3-5-14(13)9-15/h2-5,8,10-11,15,17,19H,6-7,9H2,1H3. The Balaban J connectivity index is 1.81. The molecule has 0 fully saturated rings. The highest BCUT2D eigenvalue weighted by Gasteiger charge is 2.25. The Labute approximate surface area is 114 Å². The third kappa shape index (κ3) is 2.54. The van der Waals surface area contributed by atoms with Crippen LogP contribution in [-0.2, 0) is 12.8 Å². The fourth-order valence-electron chi connectivity index (χ4n) is 3.01. The molecule has 2 unspecified atom stereocenters. The fourth-order valence-corrected chi connectivity index (χ4v) is 3.01. The van der Waals surface area contributed by atoms with Crippen LogP contribution < -0.4 is 0 Å². The molecule has 19 heavy (non-hydrogen) atoms. The molecule has 1 heterocycles. The average molecular weight is 253 g/mol. The number of nitrogens with zero attached hydrogens (tertiary/aromatic N) is 1. The molecule has 0 amide bonds. The molecule has 1 aromatic heterocycles. The van der Waals surface area contributed by atoms with Gasteiger partial charge < -0.3 is 5.11 Å². The van der Waals surface area contributed by atoms with Crippen LogP contribution in [0.2, 0.25) is 0 Å². The molecule has 1 aliphatic carbocycles. The minimum atomic E-state index is -0.402. The molecule has 2 heteroatoms. The summed E-state index contributed by atoms with van der Waals surface area (Å²) in [7, 11) is 0. The number of benzene rings is 1. The van der Waals surface area contributed by atoms with Gasteiger partial charge in [-0.1, -0.05) is 30.3 Å². The largest absolute Gasteiger partial charge is 0.388 e. The highest BCUT2D eigenvalue weighted by molar-refractivity contribution is 5.31. The van der Waals surface area contributed by atoms with Crippen LogP contribution in [0.25, 0.3) is 0 Å². The highest BCUT2D eigenvalue weighted by Crippen LogP contribution is 2.33. The van der Waals surface area contributed by atoms with E-state index in [1.165, 1.54) is 11.1 Å². The smallest absolute Gasteiger partial charge is 0.0836 e. The first kappa shape index (κ1) is 12.4. The van der Waals surface area contributed by atoms with Gasteiger partial charge in [-0.05, 0) is 54.4 Å². The second kappa shape index (κ2) is 5.14. The van der Waals surface area contributed by atoms with Crippen molar-refractivity contribution in [2.75, 3.05) is 0 Å². The van der Waals surface area contributed by atoms with Crippen LogP contribution in [0.4, 0.5) is 0 Å². The van der Waals surface area contributed by atoms with Crippen molar-refractivity contribution in [1.29, 1.82) is 0 Å². The number of hydrogen-bond donors (Lipinski definition) is 1. The first-order chi connectivity index (χ1) is 9.24. The topological polar surface area (TPSA) is 33.1 Å². The lowest BCUT2D eigenvalue weighted by molar-refractivity contribution is 0.0991. The molecule has 3 rings (SSSR count). The molecule has 1 N–H and O–H groups in total. The minimum Gasteiger partial charge on any atom is -0.388 e. The van der Waals surface area contributed by atoms with Gasteiger partial charge in [0.15, 0.2) is 0 Å². The van der Waals surface area contributed by atoms with Crippen LogP contribution in [0.5, 0.6) is 0 Å². The van der Waals surface area contributed by atoms with Crippen molar-refractivity contribution in [3.05, 3.63) is 65.0 Å². The van der Waals surface area contributed by atoms with Crippen LogP contribution in [0, 0.1) is 12.8 Å². The Kier molecular flexibility index (Phi) is 3.34.